The number of carbonyl (C=O) groups is 3. The maximum Gasteiger partial charge on any atom is 0.309 e. The summed E-state index contributed by atoms with van der Waals surface area (Å²) in [5.74, 6) is -4.79. The minimum atomic E-state index is -5.00. The first-order valence-corrected chi connectivity index (χ1v) is 14.6. The fourth-order valence-electron chi connectivity index (χ4n) is 2.94. The van der Waals surface area contributed by atoms with Gasteiger partial charge in [0.25, 0.3) is 7.82 Å². The number of esters is 3. The van der Waals surface area contributed by atoms with Crippen LogP contribution in [0.25, 0.3) is 0 Å². The molecule has 0 spiro atoms. The Morgan fingerprint density at radius 1 is 0.738 bits per heavy atom. The molecule has 0 saturated carbocycles. The number of phosphoric ester groups is 1. The van der Waals surface area contributed by atoms with E-state index in [1.165, 1.54) is 6.92 Å². The zero-order chi connectivity index (χ0) is 28.2. The zero-order valence-corrected chi connectivity index (χ0v) is 23.1. The molecule has 0 rings (SSSR count). The van der Waals surface area contributed by atoms with Crippen molar-refractivity contribution in [2.24, 2.45) is 17.8 Å². The van der Waals surface area contributed by atoms with E-state index in [1.807, 2.05) is 21.1 Å². The molecule has 2 N–H and O–H groups in total. The van der Waals surface area contributed by atoms with Gasteiger partial charge in [0.05, 0.1) is 52.1 Å². The number of phosphoric acid groups is 1. The van der Waals surface area contributed by atoms with Gasteiger partial charge < -0.3 is 47.4 Å². The summed E-state index contributed by atoms with van der Waals surface area (Å²) in [5.41, 5.74) is 0. The van der Waals surface area contributed by atoms with E-state index in [-0.39, 0.29) is 64.0 Å². The second-order valence-electron chi connectivity index (χ2n) is 9.35. The summed E-state index contributed by atoms with van der Waals surface area (Å²) in [6, 6.07) is 0. The predicted molar refractivity (Wildman–Crippen MR) is 162 cm³/mol. The Labute approximate surface area is 255 Å². The summed E-state index contributed by atoms with van der Waals surface area (Å²) in [5, 5.41) is 0. The van der Waals surface area contributed by atoms with E-state index in [0.29, 0.717) is 17.4 Å². The smallest absolute Gasteiger partial charge is 0.309 e. The number of carbonyl (C=O) groups excluding carboxylic acids is 3. The van der Waals surface area contributed by atoms with Crippen LogP contribution in [0.15, 0.2) is 0 Å². The summed E-state index contributed by atoms with van der Waals surface area (Å²) in [7, 11) is -3.81. The van der Waals surface area contributed by atoms with E-state index >= 15 is 0 Å². The molecule has 0 aliphatic carbocycles. The summed E-state index contributed by atoms with van der Waals surface area (Å²) in [6.07, 6.45) is -0.602. The van der Waals surface area contributed by atoms with E-state index in [4.69, 9.17) is 24.0 Å². The zero-order valence-electron chi connectivity index (χ0n) is 21.3. The lowest BCUT2D eigenvalue weighted by Crippen LogP contribution is -2.38. The average molecular weight is 659 g/mol. The maximum atomic E-state index is 12.7. The summed E-state index contributed by atoms with van der Waals surface area (Å²) < 4.78 is 41.3. The minimum absolute atomic E-state index is 0. The first-order chi connectivity index (χ1) is 16.3. The summed E-state index contributed by atoms with van der Waals surface area (Å²) in [4.78, 5) is 76.3. The van der Waals surface area contributed by atoms with Gasteiger partial charge in [-0.3, -0.25) is 18.9 Å². The maximum absolute atomic E-state index is 12.7. The molecule has 0 fully saturated rings. The van der Waals surface area contributed by atoms with Crippen LogP contribution in [0.5, 0.6) is 0 Å². The highest BCUT2D eigenvalue weighted by molar-refractivity contribution is 7.50. The van der Waals surface area contributed by atoms with E-state index in [1.54, 1.807) is 6.92 Å². The van der Waals surface area contributed by atoms with Crippen molar-refractivity contribution < 1.29 is 66.3 Å². The Bertz CT molecular complexity index is 807. The van der Waals surface area contributed by atoms with Gasteiger partial charge in [0.15, 0.2) is 0 Å². The van der Waals surface area contributed by atoms with Crippen molar-refractivity contribution in [2.75, 3.05) is 60.3 Å². The SMILES string of the molecule is C.C.C.C.C.C.CCC(CC(CC(C)C(=O)OCCP(=O)([O-])O)C(=O)OCCOP(=O)([O-])O)C(=O)OCC[N+](C)(C)C. The predicted octanol–water partition coefficient (Wildman–Crippen LogP) is 3.22. The molecule has 16 heteroatoms. The van der Waals surface area contributed by atoms with Gasteiger partial charge in [-0.25, -0.2) is 0 Å². The number of hydrogen-bond acceptors (Lipinski definition) is 11. The van der Waals surface area contributed by atoms with E-state index in [9.17, 15) is 33.3 Å². The van der Waals surface area contributed by atoms with Crippen molar-refractivity contribution in [1.29, 1.82) is 0 Å². The number of rotatable bonds is 18. The second-order valence-corrected chi connectivity index (χ2v) is 12.3. The molecular weight excluding hydrogens is 596 g/mol. The molecule has 0 radical (unpaired) electrons. The fraction of sp³-hybridized carbons (Fsp3) is 0.885. The van der Waals surface area contributed by atoms with E-state index in [0.717, 1.165) is 0 Å². The van der Waals surface area contributed by atoms with Crippen molar-refractivity contribution >= 4 is 33.3 Å². The van der Waals surface area contributed by atoms with Crippen LogP contribution >= 0.6 is 15.4 Å². The van der Waals surface area contributed by atoms with Gasteiger partial charge in [0.2, 0.25) is 0 Å². The van der Waals surface area contributed by atoms with Gasteiger partial charge >= 0.3 is 17.9 Å². The van der Waals surface area contributed by atoms with Gasteiger partial charge in [-0.05, 0) is 19.3 Å². The quantitative estimate of drug-likeness (QED) is 0.0713. The van der Waals surface area contributed by atoms with Gasteiger partial charge in [-0.2, -0.15) is 0 Å². The van der Waals surface area contributed by atoms with Crippen LogP contribution in [-0.4, -0.2) is 92.5 Å². The number of nitrogens with zero attached hydrogens (tertiary/aromatic N) is 1. The van der Waals surface area contributed by atoms with Crippen molar-refractivity contribution in [2.45, 2.75) is 77.7 Å². The highest BCUT2D eigenvalue weighted by Gasteiger charge is 2.32. The second kappa shape index (κ2) is 26.1. The first kappa shape index (κ1) is 56.4. The van der Waals surface area contributed by atoms with Crippen LogP contribution in [0.1, 0.15) is 77.7 Å². The molecule has 0 heterocycles. The molecule has 14 nitrogen and oxygen atoms in total. The van der Waals surface area contributed by atoms with Crippen LogP contribution in [0, 0.1) is 17.8 Å². The van der Waals surface area contributed by atoms with Crippen LogP contribution < -0.4 is 9.79 Å². The van der Waals surface area contributed by atoms with Gasteiger partial charge in [-0.1, -0.05) is 58.4 Å². The Hall–Kier alpha value is -1.37. The molecule has 0 aromatic rings. The molecule has 0 aliphatic rings. The van der Waals surface area contributed by atoms with E-state index in [2.05, 4.69) is 4.52 Å². The van der Waals surface area contributed by atoms with Gasteiger partial charge in [0, 0.05) is 6.16 Å². The highest BCUT2D eigenvalue weighted by Crippen LogP contribution is 2.30. The third kappa shape index (κ3) is 30.1. The molecule has 5 unspecified atom stereocenters. The number of ether oxygens (including phenoxy) is 3. The summed E-state index contributed by atoms with van der Waals surface area (Å²) >= 11 is 0. The third-order valence-electron chi connectivity index (χ3n) is 4.98. The Kier molecular flexibility index (Phi) is 35.0. The standard InChI is InChI=1S/C20H39NO13P2.6CH4/c1-6-16(19(23)31-8-7-21(3,4)5)14-17(20(24)32-9-10-34-36(28,29)30)13-15(2)18(22)33-11-12-35(25,26)27;;;;;;/h15-17H,6-14H2,1-5H3,(H3-,25,26,27,28,29,30);6*1H4/p-1. The average Bonchev–Trinajstić information content (AvgIpc) is 2.70. The monoisotopic (exact) mass is 658 g/mol. The van der Waals surface area contributed by atoms with Crippen molar-refractivity contribution in [3.8, 4) is 0 Å². The molecular formula is C26H62NO13P2-. The van der Waals surface area contributed by atoms with Crippen molar-refractivity contribution in [3.05, 3.63) is 0 Å². The lowest BCUT2D eigenvalue weighted by molar-refractivity contribution is -0.870. The lowest BCUT2D eigenvalue weighted by Gasteiger charge is -2.25. The molecule has 0 amide bonds. The third-order valence-corrected chi connectivity index (χ3v) is 6.23. The number of likely N-dealkylation sites (N-methyl/N-ethyl adjacent to an activating group) is 1. The largest absolute Gasteiger partial charge is 0.779 e. The molecule has 0 aromatic carbocycles. The molecule has 0 aromatic heterocycles. The molecule has 42 heavy (non-hydrogen) atoms. The molecule has 5 atom stereocenters. The Morgan fingerprint density at radius 2 is 1.19 bits per heavy atom. The van der Waals surface area contributed by atoms with Gasteiger partial charge in [-0.15, -0.1) is 0 Å². The van der Waals surface area contributed by atoms with Crippen LogP contribution in [0.4, 0.5) is 0 Å². The Balaban J connectivity index is -0.000000408. The highest BCUT2D eigenvalue weighted by atomic mass is 31.2. The van der Waals surface area contributed by atoms with Crippen LogP contribution in [0.3, 0.4) is 0 Å². The van der Waals surface area contributed by atoms with E-state index < -0.39 is 77.1 Å². The molecule has 0 aliphatic heterocycles. The van der Waals surface area contributed by atoms with Crippen LogP contribution in [0.2, 0.25) is 0 Å². The fourth-order valence-corrected chi connectivity index (χ4v) is 3.57. The lowest BCUT2D eigenvalue weighted by atomic mass is 9.86. The number of hydrogen-bond donors (Lipinski definition) is 2. The summed E-state index contributed by atoms with van der Waals surface area (Å²) in [6.45, 7) is 2.17. The number of quaternary nitrogens is 1. The topological polar surface area (TPSA) is 209 Å². The molecule has 260 valence electrons. The van der Waals surface area contributed by atoms with Gasteiger partial charge in [0.1, 0.15) is 27.4 Å². The van der Waals surface area contributed by atoms with Crippen LogP contribution in [-0.2, 0) is 42.2 Å². The van der Waals surface area contributed by atoms with Crippen molar-refractivity contribution in [1.82, 2.24) is 0 Å². The molecule has 0 bridgehead atoms. The Morgan fingerprint density at radius 3 is 1.62 bits per heavy atom. The normalized spacial score (nSPS) is 15.2. The minimum Gasteiger partial charge on any atom is -0.779 e. The van der Waals surface area contributed by atoms with Crippen molar-refractivity contribution in [3.63, 3.8) is 0 Å². The first-order valence-electron chi connectivity index (χ1n) is 11.4. The molecule has 0 saturated heterocycles.